The molecule has 0 fully saturated rings. The van der Waals surface area contributed by atoms with Crippen LogP contribution in [0.3, 0.4) is 0 Å². The fraction of sp³-hybridized carbons (Fsp3) is 0.0820. The van der Waals surface area contributed by atoms with Crippen molar-refractivity contribution in [1.29, 1.82) is 0 Å². The highest BCUT2D eigenvalue weighted by Gasteiger charge is 2.38. The first-order valence-electron chi connectivity index (χ1n) is 22.4. The maximum atomic E-state index is 4.78. The lowest BCUT2D eigenvalue weighted by Gasteiger charge is -2.26. The lowest BCUT2D eigenvalue weighted by Crippen LogP contribution is -2.17. The molecule has 13 rings (SSSR count). The molecule has 9 aromatic carbocycles. The molecule has 11 aromatic rings. The molecule has 0 amide bonds. The molecule has 0 bridgehead atoms. The van der Waals surface area contributed by atoms with Crippen LogP contribution in [0.15, 0.2) is 206 Å². The first-order valence-corrected chi connectivity index (χ1v) is 22.4. The minimum absolute atomic E-state index is 0.116. The van der Waals surface area contributed by atoms with Gasteiger partial charge in [0, 0.05) is 45.0 Å². The minimum Gasteiger partial charge on any atom is -0.309 e. The lowest BCUT2D eigenvalue weighted by molar-refractivity contribution is 0.652. The standard InChI is InChI=1S/C61H43N3/c1-61(2)55-36-44(23-27-48(55)49-28-24-45(37-56(49)61)43-25-29-52-53(34-43)47-15-6-7-17-51(47)59-60(52)63-32-31-62-59)41-12-10-11-40(33-41)38-19-21-39(22-20-38)42-26-30-58-54(35-42)50-16-8-9-18-57(50)64(58)46-13-4-3-5-14-46/h3-22,24-26,28-37H,23,27H2,1-2H3. The maximum Gasteiger partial charge on any atom is 0.0971 e. The molecule has 3 nitrogen and oxygen atoms in total. The van der Waals surface area contributed by atoms with Crippen molar-refractivity contribution in [2.45, 2.75) is 32.1 Å². The van der Waals surface area contributed by atoms with Crippen LogP contribution in [0.25, 0.3) is 105 Å². The van der Waals surface area contributed by atoms with Crippen molar-refractivity contribution >= 4 is 65.5 Å². The SMILES string of the molecule is CC1(C)C2=C(CCC(c3cccc(-c4ccc(-c5ccc6c(c5)c5ccccc5n6-c5ccccc5)cc4)c3)=C2)c2ccc(-c3ccc4c(c3)c3ccccc3c3nccnc43)cc21. The largest absolute Gasteiger partial charge is 0.309 e. The summed E-state index contributed by atoms with van der Waals surface area (Å²) in [6.07, 6.45) is 8.17. The van der Waals surface area contributed by atoms with Crippen LogP contribution in [-0.4, -0.2) is 14.5 Å². The second kappa shape index (κ2) is 14.1. The number of benzene rings is 9. The van der Waals surface area contributed by atoms with Crippen LogP contribution in [-0.2, 0) is 5.41 Å². The molecule has 2 heterocycles. The summed E-state index contributed by atoms with van der Waals surface area (Å²) in [7, 11) is 0. The van der Waals surface area contributed by atoms with Crippen molar-refractivity contribution in [1.82, 2.24) is 14.5 Å². The van der Waals surface area contributed by atoms with Crippen LogP contribution < -0.4 is 0 Å². The fourth-order valence-corrected chi connectivity index (χ4v) is 11.0. The predicted molar refractivity (Wildman–Crippen MR) is 269 cm³/mol. The summed E-state index contributed by atoms with van der Waals surface area (Å²) in [5, 5.41) is 7.24. The van der Waals surface area contributed by atoms with E-state index < -0.39 is 0 Å². The highest BCUT2D eigenvalue weighted by molar-refractivity contribution is 6.23. The second-order valence-corrected chi connectivity index (χ2v) is 18.1. The van der Waals surface area contributed by atoms with E-state index in [4.69, 9.17) is 9.97 Å². The normalized spacial score (nSPS) is 14.4. The van der Waals surface area contributed by atoms with Crippen molar-refractivity contribution in [2.75, 3.05) is 0 Å². The van der Waals surface area contributed by atoms with Gasteiger partial charge in [0.25, 0.3) is 0 Å². The molecule has 0 saturated heterocycles. The van der Waals surface area contributed by atoms with E-state index in [-0.39, 0.29) is 5.41 Å². The molecule has 302 valence electrons. The number of nitrogens with zero attached hydrogens (tertiary/aromatic N) is 3. The Balaban J connectivity index is 0.798. The van der Waals surface area contributed by atoms with Crippen molar-refractivity contribution in [3.63, 3.8) is 0 Å². The van der Waals surface area contributed by atoms with Crippen molar-refractivity contribution in [3.05, 3.63) is 223 Å². The van der Waals surface area contributed by atoms with Gasteiger partial charge in [0.2, 0.25) is 0 Å². The van der Waals surface area contributed by atoms with Crippen LogP contribution in [0.4, 0.5) is 0 Å². The van der Waals surface area contributed by atoms with Gasteiger partial charge >= 0.3 is 0 Å². The van der Waals surface area contributed by atoms with Gasteiger partial charge in [-0.2, -0.15) is 0 Å². The molecule has 64 heavy (non-hydrogen) atoms. The van der Waals surface area contributed by atoms with Crippen molar-refractivity contribution in [2.24, 2.45) is 0 Å². The molecule has 0 radical (unpaired) electrons. The Hall–Kier alpha value is -7.88. The molecule has 2 aliphatic rings. The van der Waals surface area contributed by atoms with Crippen LogP contribution in [0.2, 0.25) is 0 Å². The second-order valence-electron chi connectivity index (χ2n) is 18.1. The van der Waals surface area contributed by atoms with Gasteiger partial charge < -0.3 is 4.57 Å². The van der Waals surface area contributed by atoms with Gasteiger partial charge in [-0.1, -0.05) is 153 Å². The third kappa shape index (κ3) is 5.60. The fourth-order valence-electron chi connectivity index (χ4n) is 11.0. The zero-order valence-electron chi connectivity index (χ0n) is 35.8. The average molecular weight is 818 g/mol. The van der Waals surface area contributed by atoms with E-state index in [1.54, 1.807) is 12.4 Å². The molecule has 0 N–H and O–H groups in total. The molecule has 0 saturated carbocycles. The predicted octanol–water partition coefficient (Wildman–Crippen LogP) is 16.0. The number of hydrogen-bond acceptors (Lipinski definition) is 2. The quantitative estimate of drug-likeness (QED) is 0.162. The van der Waals surface area contributed by atoms with Crippen LogP contribution in [0.5, 0.6) is 0 Å². The molecular formula is C61H43N3. The zero-order valence-corrected chi connectivity index (χ0v) is 35.8. The van der Waals surface area contributed by atoms with Crippen molar-refractivity contribution < 1.29 is 0 Å². The Morgan fingerprint density at radius 1 is 0.422 bits per heavy atom. The molecule has 2 aliphatic carbocycles. The topological polar surface area (TPSA) is 30.7 Å². The number of fused-ring (bicyclic) bond motifs is 11. The monoisotopic (exact) mass is 817 g/mol. The third-order valence-corrected chi connectivity index (χ3v) is 14.2. The molecule has 0 atom stereocenters. The first-order chi connectivity index (χ1) is 31.5. The Bertz CT molecular complexity index is 3750. The highest BCUT2D eigenvalue weighted by Crippen LogP contribution is 2.53. The smallest absolute Gasteiger partial charge is 0.0971 e. The van der Waals surface area contributed by atoms with Gasteiger partial charge in [0.15, 0.2) is 0 Å². The van der Waals surface area contributed by atoms with E-state index in [2.05, 4.69) is 206 Å². The molecule has 0 aliphatic heterocycles. The van der Waals surface area contributed by atoms with E-state index in [9.17, 15) is 0 Å². The zero-order chi connectivity index (χ0) is 42.5. The van der Waals surface area contributed by atoms with Crippen LogP contribution in [0, 0.1) is 0 Å². The molecule has 2 aromatic heterocycles. The van der Waals surface area contributed by atoms with E-state index >= 15 is 0 Å². The lowest BCUT2D eigenvalue weighted by atomic mass is 9.77. The first kappa shape index (κ1) is 36.7. The minimum atomic E-state index is -0.116. The summed E-state index contributed by atoms with van der Waals surface area (Å²) in [5.74, 6) is 0. The number of rotatable bonds is 5. The highest BCUT2D eigenvalue weighted by atomic mass is 15.0. The van der Waals surface area contributed by atoms with Crippen molar-refractivity contribution in [3.8, 4) is 39.1 Å². The number of para-hydroxylation sites is 2. The molecule has 3 heteroatoms. The summed E-state index contributed by atoms with van der Waals surface area (Å²) in [6.45, 7) is 4.82. The van der Waals surface area contributed by atoms with Crippen LogP contribution in [0.1, 0.15) is 43.4 Å². The van der Waals surface area contributed by atoms with Gasteiger partial charge in [-0.25, -0.2) is 0 Å². The maximum absolute atomic E-state index is 4.78. The summed E-state index contributed by atoms with van der Waals surface area (Å²) in [5.41, 5.74) is 21.3. The van der Waals surface area contributed by atoms with Crippen LogP contribution >= 0.6 is 0 Å². The summed E-state index contributed by atoms with van der Waals surface area (Å²) >= 11 is 0. The number of aromatic nitrogens is 3. The van der Waals surface area contributed by atoms with E-state index in [1.165, 1.54) is 105 Å². The summed E-state index contributed by atoms with van der Waals surface area (Å²) < 4.78 is 2.37. The Kier molecular flexibility index (Phi) is 8.08. The van der Waals surface area contributed by atoms with Gasteiger partial charge in [-0.15, -0.1) is 0 Å². The average Bonchev–Trinajstić information content (AvgIpc) is 3.81. The van der Waals surface area contributed by atoms with Gasteiger partial charge in [-0.3, -0.25) is 9.97 Å². The number of allylic oxidation sites excluding steroid dienone is 4. The molecular weight excluding hydrogens is 775 g/mol. The van der Waals surface area contributed by atoms with Gasteiger partial charge in [-0.05, 0) is 139 Å². The molecule has 0 unspecified atom stereocenters. The van der Waals surface area contributed by atoms with Gasteiger partial charge in [0.05, 0.1) is 22.1 Å². The Morgan fingerprint density at radius 2 is 1.00 bits per heavy atom. The van der Waals surface area contributed by atoms with E-state index in [0.717, 1.165) is 34.6 Å². The van der Waals surface area contributed by atoms with E-state index in [0.29, 0.717) is 0 Å². The van der Waals surface area contributed by atoms with E-state index in [1.807, 2.05) is 0 Å². The Labute approximate surface area is 372 Å². The Morgan fingerprint density at radius 3 is 1.80 bits per heavy atom. The third-order valence-electron chi connectivity index (χ3n) is 14.2. The summed E-state index contributed by atoms with van der Waals surface area (Å²) in [6, 6.07) is 67.2. The summed E-state index contributed by atoms with van der Waals surface area (Å²) in [4.78, 5) is 9.51. The number of hydrogen-bond donors (Lipinski definition) is 0. The molecule has 0 spiro atoms. The van der Waals surface area contributed by atoms with Gasteiger partial charge in [0.1, 0.15) is 0 Å².